The van der Waals surface area contributed by atoms with E-state index in [4.69, 9.17) is 23.2 Å². The highest BCUT2D eigenvalue weighted by molar-refractivity contribution is 7.95. The fraction of sp³-hybridized carbons (Fsp3) is 0.417. The lowest BCUT2D eigenvalue weighted by molar-refractivity contribution is 0.0970. The molecule has 1 atom stereocenters. The Bertz CT molecular complexity index is 537. The summed E-state index contributed by atoms with van der Waals surface area (Å²) in [4.78, 5) is 12.3. The Balaban J connectivity index is 3.26. The van der Waals surface area contributed by atoms with E-state index in [2.05, 4.69) is 0 Å². The van der Waals surface area contributed by atoms with E-state index in [1.807, 2.05) is 0 Å². The number of alkyl halides is 1. The van der Waals surface area contributed by atoms with Crippen molar-refractivity contribution in [3.8, 4) is 0 Å². The molecule has 6 heteroatoms. The van der Waals surface area contributed by atoms with Gasteiger partial charge in [-0.05, 0) is 30.7 Å². The number of carbonyl (C=O) groups excluding carboxylic acids is 1. The molecule has 0 aromatic heterocycles. The molecule has 1 rings (SSSR count). The molecule has 0 saturated carbocycles. The van der Waals surface area contributed by atoms with Crippen LogP contribution >= 0.6 is 23.2 Å². The Morgan fingerprint density at radius 1 is 1.22 bits per heavy atom. The normalized spacial score (nSPS) is 15.1. The summed E-state index contributed by atoms with van der Waals surface area (Å²) in [6, 6.07) is 6.01. The molecule has 100 valence electrons. The zero-order chi connectivity index (χ0) is 14.0. The van der Waals surface area contributed by atoms with Gasteiger partial charge in [-0.1, -0.05) is 37.0 Å². The molecule has 0 aliphatic carbocycles. The molecule has 0 aliphatic rings. The van der Waals surface area contributed by atoms with Gasteiger partial charge in [0.1, 0.15) is 0 Å². The molecule has 0 bridgehead atoms. The number of ketones is 1. The number of benzene rings is 1. The van der Waals surface area contributed by atoms with E-state index in [1.165, 1.54) is 31.2 Å². The van der Waals surface area contributed by atoms with Crippen LogP contribution in [0.3, 0.4) is 0 Å². The predicted molar refractivity (Wildman–Crippen MR) is 74.1 cm³/mol. The maximum absolute atomic E-state index is 12.3. The third-order valence-corrected chi connectivity index (χ3v) is 6.39. The minimum atomic E-state index is -3.68. The Labute approximate surface area is 117 Å². The summed E-state index contributed by atoms with van der Waals surface area (Å²) in [6.07, 6.45) is 0.0200. The van der Waals surface area contributed by atoms with E-state index >= 15 is 0 Å². The molecule has 0 saturated heterocycles. The summed E-state index contributed by atoms with van der Waals surface area (Å²) in [5.41, 5.74) is 0.244. The van der Waals surface area contributed by atoms with Crippen molar-refractivity contribution in [2.75, 3.05) is 5.75 Å². The molecule has 1 aromatic carbocycles. The first kappa shape index (κ1) is 15.5. The van der Waals surface area contributed by atoms with Gasteiger partial charge in [0.05, 0.1) is 0 Å². The lowest BCUT2D eigenvalue weighted by Crippen LogP contribution is -2.41. The van der Waals surface area contributed by atoms with E-state index < -0.39 is 19.8 Å². The predicted octanol–water partition coefficient (Wildman–Crippen LogP) is 3.30. The van der Waals surface area contributed by atoms with Crippen molar-refractivity contribution in [3.05, 3.63) is 34.9 Å². The molecule has 0 amide bonds. The minimum absolute atomic E-state index is 0.0200. The Hall–Kier alpha value is -0.580. The van der Waals surface area contributed by atoms with Crippen molar-refractivity contribution in [2.45, 2.75) is 24.5 Å². The lowest BCUT2D eigenvalue weighted by atomic mass is 10.1. The number of hydrogen-bond donors (Lipinski definition) is 0. The molecule has 0 fully saturated rings. The first-order valence-electron chi connectivity index (χ1n) is 5.50. The third-order valence-electron chi connectivity index (χ3n) is 2.77. The number of Topliss-reactive ketones (excluding diaryl/α,β-unsaturated/α-hetero) is 1. The first-order valence-corrected chi connectivity index (χ1v) is 7.91. The molecule has 0 radical (unpaired) electrons. The Morgan fingerprint density at radius 3 is 2.11 bits per heavy atom. The van der Waals surface area contributed by atoms with Crippen molar-refractivity contribution >= 4 is 38.8 Å². The van der Waals surface area contributed by atoms with E-state index in [0.29, 0.717) is 5.02 Å². The summed E-state index contributed by atoms with van der Waals surface area (Å²) in [5.74, 6) is -0.783. The molecule has 18 heavy (non-hydrogen) atoms. The largest absolute Gasteiger partial charge is 0.291 e. The van der Waals surface area contributed by atoms with Gasteiger partial charge < -0.3 is 0 Å². The standard InChI is InChI=1S/C12H14Cl2O3S/c1-3-12(14,18(16,17)4-2)11(15)9-5-7-10(13)8-6-9/h5-8H,3-4H2,1-2H3. The highest BCUT2D eigenvalue weighted by atomic mass is 35.5. The van der Waals surface area contributed by atoms with Gasteiger partial charge in [0.25, 0.3) is 0 Å². The SMILES string of the molecule is CCC(Cl)(C(=O)c1ccc(Cl)cc1)S(=O)(=O)CC. The molecule has 0 aliphatic heterocycles. The number of carbonyl (C=O) groups is 1. The summed E-state index contributed by atoms with van der Waals surface area (Å²) in [7, 11) is -3.68. The van der Waals surface area contributed by atoms with Crippen molar-refractivity contribution in [3.63, 3.8) is 0 Å². The highest BCUT2D eigenvalue weighted by Crippen LogP contribution is 2.32. The van der Waals surface area contributed by atoms with E-state index in [9.17, 15) is 13.2 Å². The van der Waals surface area contributed by atoms with Crippen LogP contribution in [-0.2, 0) is 9.84 Å². The number of halogens is 2. The van der Waals surface area contributed by atoms with Gasteiger partial charge in [-0.15, -0.1) is 0 Å². The van der Waals surface area contributed by atoms with Crippen molar-refractivity contribution in [1.29, 1.82) is 0 Å². The van der Waals surface area contributed by atoms with Crippen LogP contribution in [0, 0.1) is 0 Å². The molecule has 0 heterocycles. The topological polar surface area (TPSA) is 51.2 Å². The average molecular weight is 309 g/mol. The zero-order valence-corrected chi connectivity index (χ0v) is 12.4. The van der Waals surface area contributed by atoms with Gasteiger partial charge >= 0.3 is 0 Å². The number of sulfone groups is 1. The monoisotopic (exact) mass is 308 g/mol. The van der Waals surface area contributed by atoms with Crippen LogP contribution in [0.2, 0.25) is 5.02 Å². The molecular formula is C12H14Cl2O3S. The van der Waals surface area contributed by atoms with Gasteiger partial charge in [-0.3, -0.25) is 4.79 Å². The fourth-order valence-corrected chi connectivity index (χ4v) is 3.43. The van der Waals surface area contributed by atoms with Crippen LogP contribution < -0.4 is 0 Å². The van der Waals surface area contributed by atoms with Gasteiger partial charge in [0.2, 0.25) is 4.21 Å². The van der Waals surface area contributed by atoms with Gasteiger partial charge in [0, 0.05) is 16.3 Å². The van der Waals surface area contributed by atoms with E-state index in [0.717, 1.165) is 0 Å². The maximum atomic E-state index is 12.3. The molecule has 1 unspecified atom stereocenters. The minimum Gasteiger partial charge on any atom is -0.291 e. The summed E-state index contributed by atoms with van der Waals surface area (Å²) >= 11 is 11.8. The van der Waals surface area contributed by atoms with Crippen LogP contribution in [0.15, 0.2) is 24.3 Å². The van der Waals surface area contributed by atoms with Gasteiger partial charge in [0.15, 0.2) is 15.6 Å². The summed E-state index contributed by atoms with van der Waals surface area (Å²) < 4.78 is 22.0. The molecule has 1 aromatic rings. The summed E-state index contributed by atoms with van der Waals surface area (Å²) in [6.45, 7) is 3.05. The maximum Gasteiger partial charge on any atom is 0.207 e. The van der Waals surface area contributed by atoms with Crippen LogP contribution in [0.4, 0.5) is 0 Å². The van der Waals surface area contributed by atoms with Gasteiger partial charge in [-0.2, -0.15) is 0 Å². The zero-order valence-electron chi connectivity index (χ0n) is 10.1. The fourth-order valence-electron chi connectivity index (χ4n) is 1.57. The molecule has 0 spiro atoms. The van der Waals surface area contributed by atoms with Crippen molar-refractivity contribution < 1.29 is 13.2 Å². The van der Waals surface area contributed by atoms with Crippen LogP contribution in [-0.4, -0.2) is 24.2 Å². The second kappa shape index (κ2) is 5.59. The second-order valence-corrected chi connectivity index (χ2v) is 7.63. The van der Waals surface area contributed by atoms with E-state index in [-0.39, 0.29) is 17.7 Å². The molecular weight excluding hydrogens is 295 g/mol. The highest BCUT2D eigenvalue weighted by Gasteiger charge is 2.46. The van der Waals surface area contributed by atoms with Crippen LogP contribution in [0.25, 0.3) is 0 Å². The average Bonchev–Trinajstić information content (AvgIpc) is 2.37. The number of hydrogen-bond acceptors (Lipinski definition) is 3. The molecule has 3 nitrogen and oxygen atoms in total. The Morgan fingerprint density at radius 2 is 1.72 bits per heavy atom. The smallest absolute Gasteiger partial charge is 0.207 e. The third kappa shape index (κ3) is 2.71. The second-order valence-electron chi connectivity index (χ2n) is 3.82. The van der Waals surface area contributed by atoms with Crippen molar-refractivity contribution in [2.24, 2.45) is 0 Å². The first-order chi connectivity index (χ1) is 8.28. The Kier molecular flexibility index (Phi) is 4.81. The van der Waals surface area contributed by atoms with Crippen molar-refractivity contribution in [1.82, 2.24) is 0 Å². The van der Waals surface area contributed by atoms with E-state index in [1.54, 1.807) is 6.92 Å². The van der Waals surface area contributed by atoms with Crippen LogP contribution in [0.1, 0.15) is 30.6 Å². The number of rotatable bonds is 5. The quantitative estimate of drug-likeness (QED) is 0.619. The van der Waals surface area contributed by atoms with Gasteiger partial charge in [-0.25, -0.2) is 8.42 Å². The molecule has 0 N–H and O–H groups in total. The van der Waals surface area contributed by atoms with Crippen LogP contribution in [0.5, 0.6) is 0 Å². The summed E-state index contributed by atoms with van der Waals surface area (Å²) in [5, 5.41) is 0.474. The lowest BCUT2D eigenvalue weighted by Gasteiger charge is -2.23.